The molecule has 0 spiro atoms. The van der Waals surface area contributed by atoms with E-state index in [0.29, 0.717) is 48.4 Å². The number of hydroxylamine groups is 1. The summed E-state index contributed by atoms with van der Waals surface area (Å²) in [5.74, 6) is 5.52. The van der Waals surface area contributed by atoms with E-state index >= 15 is 0 Å². The molecule has 0 bridgehead atoms. The van der Waals surface area contributed by atoms with Gasteiger partial charge in [-0.2, -0.15) is 0 Å². The van der Waals surface area contributed by atoms with Crippen LogP contribution in [0.5, 0.6) is 5.75 Å². The Labute approximate surface area is 257 Å². The van der Waals surface area contributed by atoms with Gasteiger partial charge in [-0.3, -0.25) is 14.9 Å². The Morgan fingerprint density at radius 2 is 1.65 bits per heavy atom. The van der Waals surface area contributed by atoms with Gasteiger partial charge in [0.15, 0.2) is 9.84 Å². The number of likely N-dealkylation sites (tertiary alicyclic amines) is 1. The van der Waals surface area contributed by atoms with Gasteiger partial charge >= 0.3 is 0 Å². The highest BCUT2D eigenvalue weighted by atomic mass is 35.5. The monoisotopic (exact) mass is 662 g/mol. The van der Waals surface area contributed by atoms with E-state index < -0.39 is 21.2 Å². The van der Waals surface area contributed by atoms with E-state index in [1.807, 2.05) is 24.3 Å². The number of amides is 1. The zero-order valence-corrected chi connectivity index (χ0v) is 26.4. The summed E-state index contributed by atoms with van der Waals surface area (Å²) in [6, 6.07) is 13.6. The van der Waals surface area contributed by atoms with Crippen LogP contribution in [0.1, 0.15) is 29.5 Å². The minimum atomic E-state index is -3.78. The van der Waals surface area contributed by atoms with E-state index in [0.717, 1.165) is 14.1 Å². The quantitative estimate of drug-likeness (QED) is 0.117. The Kier molecular flexibility index (Phi) is 12.6. The molecule has 2 N–H and O–H groups in total. The van der Waals surface area contributed by atoms with E-state index in [9.17, 15) is 18.4 Å². The van der Waals surface area contributed by atoms with E-state index in [-0.39, 0.29) is 17.3 Å². The number of rotatable bonds is 9. The molecule has 216 valence electrons. The SMILES string of the molecule is CC#CCOc1ccc(S(=O)(=O)CC2(C(=O)NO)CCN(Cc3ccc(Cl)s3)CC2)cc1.ClCc1ccc(Cl)s1. The van der Waals surface area contributed by atoms with Crippen molar-refractivity contribution in [3.05, 3.63) is 67.0 Å². The van der Waals surface area contributed by atoms with Crippen molar-refractivity contribution in [2.45, 2.75) is 37.1 Å². The lowest BCUT2D eigenvalue weighted by molar-refractivity contribution is -0.141. The van der Waals surface area contributed by atoms with Crippen molar-refractivity contribution in [3.63, 3.8) is 0 Å². The van der Waals surface area contributed by atoms with Crippen molar-refractivity contribution in [2.24, 2.45) is 5.41 Å². The van der Waals surface area contributed by atoms with Crippen molar-refractivity contribution < 1.29 is 23.2 Å². The lowest BCUT2D eigenvalue weighted by Gasteiger charge is -2.39. The molecule has 0 atom stereocenters. The fourth-order valence-corrected chi connectivity index (χ4v) is 8.34. The summed E-state index contributed by atoms with van der Waals surface area (Å²) in [5, 5.41) is 9.31. The van der Waals surface area contributed by atoms with Gasteiger partial charge in [0.2, 0.25) is 0 Å². The molecule has 2 aromatic heterocycles. The van der Waals surface area contributed by atoms with Crippen molar-refractivity contribution in [2.75, 3.05) is 25.4 Å². The highest BCUT2D eigenvalue weighted by Crippen LogP contribution is 2.36. The third kappa shape index (κ3) is 9.36. The second kappa shape index (κ2) is 15.4. The second-order valence-corrected chi connectivity index (χ2v) is 14.8. The molecule has 0 aliphatic carbocycles. The summed E-state index contributed by atoms with van der Waals surface area (Å²) in [5.41, 5.74) is 0.480. The molecule has 3 aromatic rings. The van der Waals surface area contributed by atoms with Gasteiger partial charge in [0, 0.05) is 16.3 Å². The number of halogens is 3. The molecule has 0 saturated carbocycles. The van der Waals surface area contributed by atoms with Crippen LogP contribution in [-0.4, -0.2) is 49.9 Å². The molecule has 3 heterocycles. The number of nitrogens with one attached hydrogen (secondary N) is 1. The van der Waals surface area contributed by atoms with Crippen LogP contribution in [0.4, 0.5) is 0 Å². The number of alkyl halides is 1. The third-order valence-electron chi connectivity index (χ3n) is 6.30. The lowest BCUT2D eigenvalue weighted by atomic mass is 9.79. The number of hydrogen-bond donors (Lipinski definition) is 2. The molecule has 1 aliphatic rings. The van der Waals surface area contributed by atoms with Gasteiger partial charge in [-0.25, -0.2) is 13.9 Å². The summed E-state index contributed by atoms with van der Waals surface area (Å²) in [6.45, 7) is 3.68. The molecule has 0 unspecified atom stereocenters. The summed E-state index contributed by atoms with van der Waals surface area (Å²) < 4.78 is 33.2. The van der Waals surface area contributed by atoms with Crippen molar-refractivity contribution in [1.29, 1.82) is 0 Å². The van der Waals surface area contributed by atoms with Gasteiger partial charge in [-0.15, -0.1) is 40.2 Å². The third-order valence-corrected chi connectivity index (χ3v) is 11.1. The Hall–Kier alpha value is -1.81. The Morgan fingerprint density at radius 1 is 1.05 bits per heavy atom. The average molecular weight is 664 g/mol. The van der Waals surface area contributed by atoms with Crippen LogP contribution in [0.2, 0.25) is 8.67 Å². The summed E-state index contributed by atoms with van der Waals surface area (Å²) in [6.07, 6.45) is 0.628. The molecule has 1 aliphatic heterocycles. The van der Waals surface area contributed by atoms with Gasteiger partial charge in [0.25, 0.3) is 5.91 Å². The van der Waals surface area contributed by atoms with E-state index in [4.69, 9.17) is 39.5 Å². The van der Waals surface area contributed by atoms with E-state index in [1.165, 1.54) is 34.8 Å². The van der Waals surface area contributed by atoms with Crippen LogP contribution in [0.3, 0.4) is 0 Å². The van der Waals surface area contributed by atoms with Crippen LogP contribution >= 0.6 is 57.5 Å². The molecule has 1 amide bonds. The number of thiophene rings is 2. The number of piperidine rings is 1. The van der Waals surface area contributed by atoms with Crippen LogP contribution in [0.15, 0.2) is 53.4 Å². The number of carbonyl (C=O) groups is 1. The first kappa shape index (κ1) is 32.7. The number of nitrogens with zero attached hydrogens (tertiary/aromatic N) is 1. The van der Waals surface area contributed by atoms with Gasteiger partial charge in [0.05, 0.1) is 30.6 Å². The minimum absolute atomic E-state index is 0.104. The zero-order valence-electron chi connectivity index (χ0n) is 21.7. The first-order valence-electron chi connectivity index (χ1n) is 12.2. The molecule has 1 saturated heterocycles. The molecule has 4 rings (SSSR count). The first-order chi connectivity index (χ1) is 19.1. The smallest absolute Gasteiger partial charge is 0.250 e. The van der Waals surface area contributed by atoms with Gasteiger partial charge in [-0.1, -0.05) is 29.1 Å². The Balaban J connectivity index is 0.000000472. The highest BCUT2D eigenvalue weighted by Gasteiger charge is 2.45. The molecule has 13 heteroatoms. The maximum atomic E-state index is 13.1. The minimum Gasteiger partial charge on any atom is -0.481 e. The maximum Gasteiger partial charge on any atom is 0.250 e. The first-order valence-corrected chi connectivity index (χ1v) is 16.7. The Morgan fingerprint density at radius 3 is 2.12 bits per heavy atom. The molecule has 40 heavy (non-hydrogen) atoms. The highest BCUT2D eigenvalue weighted by molar-refractivity contribution is 7.91. The molecule has 0 radical (unpaired) electrons. The van der Waals surface area contributed by atoms with Crippen LogP contribution in [0, 0.1) is 17.3 Å². The van der Waals surface area contributed by atoms with Crippen LogP contribution in [0.25, 0.3) is 0 Å². The van der Waals surface area contributed by atoms with Gasteiger partial charge in [-0.05, 0) is 81.4 Å². The standard InChI is InChI=1S/C22H25ClN2O5S2.C5H4Cl2S/c1-2-3-14-30-17-4-7-19(8-5-17)32(28,29)16-22(21(26)24-27)10-12-25(13-11-22)15-18-6-9-20(23)31-18;6-3-4-1-2-5(7)8-4/h4-9,27H,10-16H2,1H3,(H,24,26);1-2H,3H2. The van der Waals surface area contributed by atoms with E-state index in [1.54, 1.807) is 24.5 Å². The number of hydrogen-bond acceptors (Lipinski definition) is 8. The molecular weight excluding hydrogens is 635 g/mol. The van der Waals surface area contributed by atoms with E-state index in [2.05, 4.69) is 16.7 Å². The summed E-state index contributed by atoms with van der Waals surface area (Å²) in [7, 11) is -3.78. The average Bonchev–Trinajstić information content (AvgIpc) is 3.57. The fraction of sp³-hybridized carbons (Fsp3) is 0.370. The molecule has 1 fully saturated rings. The summed E-state index contributed by atoms with van der Waals surface area (Å²) in [4.78, 5) is 17.1. The van der Waals surface area contributed by atoms with Crippen molar-refractivity contribution in [1.82, 2.24) is 10.4 Å². The number of carbonyl (C=O) groups excluding carboxylic acids is 1. The second-order valence-electron chi connectivity index (χ2n) is 8.99. The van der Waals surface area contributed by atoms with Crippen molar-refractivity contribution >= 4 is 73.2 Å². The molecular formula is C27H29Cl3N2O5S3. The van der Waals surface area contributed by atoms with Crippen LogP contribution in [-0.2, 0) is 27.1 Å². The Bertz CT molecular complexity index is 1420. The number of benzene rings is 1. The molecule has 1 aromatic carbocycles. The lowest BCUT2D eigenvalue weighted by Crippen LogP contribution is -2.51. The summed E-state index contributed by atoms with van der Waals surface area (Å²) >= 11 is 20.1. The fourth-order valence-electron chi connectivity index (χ4n) is 4.16. The van der Waals surface area contributed by atoms with Crippen LogP contribution < -0.4 is 10.2 Å². The normalized spacial score (nSPS) is 14.8. The predicted molar refractivity (Wildman–Crippen MR) is 163 cm³/mol. The number of sulfone groups is 1. The van der Waals surface area contributed by atoms with Gasteiger partial charge < -0.3 is 4.74 Å². The maximum absolute atomic E-state index is 13.1. The van der Waals surface area contributed by atoms with Gasteiger partial charge in [0.1, 0.15) is 12.4 Å². The van der Waals surface area contributed by atoms with Crippen molar-refractivity contribution in [3.8, 4) is 17.6 Å². The number of ether oxygens (including phenoxy) is 1. The topological polar surface area (TPSA) is 95.9 Å². The molecule has 7 nitrogen and oxygen atoms in total. The predicted octanol–water partition coefficient (Wildman–Crippen LogP) is 6.51. The largest absolute Gasteiger partial charge is 0.481 e. The zero-order chi connectivity index (χ0) is 29.2.